The second-order valence-electron chi connectivity index (χ2n) is 7.36. The van der Waals surface area contributed by atoms with E-state index in [1.165, 1.54) is 7.11 Å². The molecular formula is C16H27B2F2N3O9. The summed E-state index contributed by atoms with van der Waals surface area (Å²) in [6.07, 6.45) is -7.57. The summed E-state index contributed by atoms with van der Waals surface area (Å²) in [5.41, 5.74) is 0. The molecule has 0 amide bonds. The molecule has 2 aliphatic rings. The van der Waals surface area contributed by atoms with Crippen LogP contribution in [0.5, 0.6) is 0 Å². The minimum absolute atomic E-state index is 0.0107. The summed E-state index contributed by atoms with van der Waals surface area (Å²) in [5.74, 6) is -5.53. The van der Waals surface area contributed by atoms with Crippen molar-refractivity contribution >= 4 is 26.3 Å². The predicted octanol–water partition coefficient (Wildman–Crippen LogP) is -1.01. The quantitative estimate of drug-likeness (QED) is 0.219. The van der Waals surface area contributed by atoms with Gasteiger partial charge in [-0.1, -0.05) is 0 Å². The summed E-state index contributed by atoms with van der Waals surface area (Å²) in [4.78, 5) is 27.3. The third-order valence-corrected chi connectivity index (χ3v) is 4.84. The molecule has 0 spiro atoms. The molecule has 0 bridgehead atoms. The number of halogens is 2. The number of aliphatic hydroxyl groups excluding tert-OH is 1. The fourth-order valence-corrected chi connectivity index (χ4v) is 3.41. The zero-order valence-corrected chi connectivity index (χ0v) is 17.7. The summed E-state index contributed by atoms with van der Waals surface area (Å²) in [5, 5.41) is 31.0. The zero-order valence-electron chi connectivity index (χ0n) is 17.7. The number of carbonyl (C=O) groups is 2. The van der Waals surface area contributed by atoms with Crippen molar-refractivity contribution in [1.82, 2.24) is 10.2 Å². The van der Waals surface area contributed by atoms with E-state index < -0.39 is 62.5 Å². The third kappa shape index (κ3) is 7.15. The van der Waals surface area contributed by atoms with Gasteiger partial charge in [-0.2, -0.15) is 0 Å². The molecule has 2 heterocycles. The molecule has 2 unspecified atom stereocenters. The molecule has 180 valence electrons. The van der Waals surface area contributed by atoms with Crippen molar-refractivity contribution < 1.29 is 52.4 Å². The second-order valence-corrected chi connectivity index (χ2v) is 7.36. The number of esters is 1. The average Bonchev–Trinajstić information content (AvgIpc) is 2.94. The fraction of sp³-hybridized carbons (Fsp3) is 0.875. The van der Waals surface area contributed by atoms with Gasteiger partial charge in [-0.3, -0.25) is 4.79 Å². The Morgan fingerprint density at radius 3 is 2.72 bits per heavy atom. The van der Waals surface area contributed by atoms with Crippen LogP contribution in [-0.4, -0.2) is 104 Å². The molecule has 0 aromatic rings. The Labute approximate surface area is 184 Å². The van der Waals surface area contributed by atoms with E-state index in [2.05, 4.69) is 10.2 Å². The number of nitrogens with zero attached hydrogens (tertiary/aromatic N) is 2. The first-order valence-corrected chi connectivity index (χ1v) is 10.0. The molecule has 2 saturated heterocycles. The summed E-state index contributed by atoms with van der Waals surface area (Å²) in [7, 11) is 0.997. The molecule has 4 N–H and O–H groups in total. The van der Waals surface area contributed by atoms with E-state index in [0.717, 1.165) is 19.0 Å². The number of ether oxygens (including phenoxy) is 2. The molecule has 2 rings (SSSR count). The van der Waals surface area contributed by atoms with Gasteiger partial charge < -0.3 is 5.11 Å². The normalized spacial score (nSPS) is 30.1. The van der Waals surface area contributed by atoms with E-state index in [4.69, 9.17) is 23.9 Å². The van der Waals surface area contributed by atoms with E-state index in [0.29, 0.717) is 0 Å². The molecule has 0 aliphatic carbocycles. The van der Waals surface area contributed by atoms with Gasteiger partial charge in [0.25, 0.3) is 0 Å². The van der Waals surface area contributed by atoms with Crippen LogP contribution in [0.4, 0.5) is 8.78 Å². The zero-order chi connectivity index (χ0) is 23.9. The van der Waals surface area contributed by atoms with Crippen molar-refractivity contribution in [2.75, 3.05) is 20.3 Å². The SMILES string of the molecule is COB=NC1CCN([C@@H]2O[C@H](COC(=O)CCCC(=O)O)C(OB(C)O)C2(F)F)[C@H](O)N1. The Balaban J connectivity index is 2.04. The first-order chi connectivity index (χ1) is 15.1. The number of carboxylic acids is 1. The molecule has 12 nitrogen and oxygen atoms in total. The molecule has 32 heavy (non-hydrogen) atoms. The number of carboxylic acid groups (broad SMARTS) is 1. The van der Waals surface area contributed by atoms with E-state index >= 15 is 8.78 Å². The Morgan fingerprint density at radius 1 is 1.41 bits per heavy atom. The summed E-state index contributed by atoms with van der Waals surface area (Å²) < 4.78 is 50.4. The van der Waals surface area contributed by atoms with Crippen molar-refractivity contribution in [3.8, 4) is 0 Å². The van der Waals surface area contributed by atoms with Crippen LogP contribution in [0.3, 0.4) is 0 Å². The molecule has 0 radical (unpaired) electrons. The second kappa shape index (κ2) is 12.0. The minimum atomic E-state index is -3.68. The Morgan fingerprint density at radius 2 is 2.12 bits per heavy atom. The van der Waals surface area contributed by atoms with Crippen LogP contribution in [0.25, 0.3) is 0 Å². The molecule has 2 fully saturated rings. The summed E-state index contributed by atoms with van der Waals surface area (Å²) in [6, 6.07) is 0. The van der Waals surface area contributed by atoms with E-state index in [1.807, 2.05) is 0 Å². The van der Waals surface area contributed by atoms with Gasteiger partial charge in [-0.05, 0) is 6.42 Å². The number of alkyl halides is 2. The van der Waals surface area contributed by atoms with Crippen molar-refractivity contribution in [3.63, 3.8) is 0 Å². The van der Waals surface area contributed by atoms with Crippen molar-refractivity contribution in [2.45, 2.75) is 69.4 Å². The van der Waals surface area contributed by atoms with Crippen LogP contribution in [0.2, 0.25) is 6.82 Å². The van der Waals surface area contributed by atoms with Crippen molar-refractivity contribution in [3.05, 3.63) is 0 Å². The maximum atomic E-state index is 15.2. The van der Waals surface area contributed by atoms with Gasteiger partial charge in [-0.15, -0.1) is 0 Å². The molecule has 2 aliphatic heterocycles. The van der Waals surface area contributed by atoms with E-state index in [9.17, 15) is 19.7 Å². The van der Waals surface area contributed by atoms with E-state index in [1.54, 1.807) is 0 Å². The van der Waals surface area contributed by atoms with Gasteiger partial charge in [0.2, 0.25) is 0 Å². The maximum absolute atomic E-state index is 15.2. The number of aliphatic carboxylic acids is 1. The topological polar surface area (TPSA) is 159 Å². The monoisotopic (exact) mass is 465 g/mol. The molecule has 0 saturated carbocycles. The molecular weight excluding hydrogens is 438 g/mol. The van der Waals surface area contributed by atoms with Gasteiger partial charge in [-0.25, -0.2) is 0 Å². The summed E-state index contributed by atoms with van der Waals surface area (Å²) >= 11 is 0. The number of hydrogen-bond donors (Lipinski definition) is 4. The van der Waals surface area contributed by atoms with Gasteiger partial charge in [0, 0.05) is 6.42 Å². The van der Waals surface area contributed by atoms with Gasteiger partial charge in [0.05, 0.1) is 0 Å². The molecule has 16 heteroatoms. The van der Waals surface area contributed by atoms with Crippen LogP contribution in [0, 0.1) is 0 Å². The summed E-state index contributed by atoms with van der Waals surface area (Å²) in [6.45, 7) is 0.533. The molecule has 0 aromatic heterocycles. The average molecular weight is 465 g/mol. The van der Waals surface area contributed by atoms with Crippen LogP contribution in [0.15, 0.2) is 4.90 Å². The van der Waals surface area contributed by atoms with Crippen molar-refractivity contribution in [2.24, 2.45) is 4.90 Å². The predicted molar refractivity (Wildman–Crippen MR) is 104 cm³/mol. The standard InChI is InChI=1S/C16H27B2F2N3O9/c1-18(28)32-13-9(8-30-12(26)5-3-4-11(24)25)31-14(16(13,19)20)23-7-6-10(21-15(23)27)22-17-29-2/h9-10,13-15,21,27-28H,3-8H2,1-2H3,(H,24,25)/t9-,10?,13?,14-,15-/m1/s1. The van der Waals surface area contributed by atoms with Crippen LogP contribution >= 0.6 is 0 Å². The van der Waals surface area contributed by atoms with Gasteiger partial charge >= 0.3 is 161 Å². The number of aliphatic hydroxyl groups is 1. The third-order valence-electron chi connectivity index (χ3n) is 4.84. The molecule has 0 aromatic carbocycles. The molecule has 5 atom stereocenters. The Kier molecular flexibility index (Phi) is 9.91. The number of hydrogen-bond acceptors (Lipinski definition) is 11. The van der Waals surface area contributed by atoms with Crippen LogP contribution < -0.4 is 5.32 Å². The van der Waals surface area contributed by atoms with Crippen LogP contribution in [-0.2, 0) is 28.4 Å². The van der Waals surface area contributed by atoms with Gasteiger partial charge in [0.1, 0.15) is 0 Å². The first-order valence-electron chi connectivity index (χ1n) is 10.0. The Bertz CT molecular complexity index is 677. The van der Waals surface area contributed by atoms with Crippen LogP contribution in [0.1, 0.15) is 25.7 Å². The first kappa shape index (κ1) is 26.5. The van der Waals surface area contributed by atoms with E-state index in [-0.39, 0.29) is 32.2 Å². The fourth-order valence-electron chi connectivity index (χ4n) is 3.41. The van der Waals surface area contributed by atoms with Gasteiger partial charge in [0.15, 0.2) is 0 Å². The number of carbonyl (C=O) groups excluding carboxylic acids is 1. The number of nitrogens with one attached hydrogen (secondary N) is 1. The Hall–Kier alpha value is -1.71. The number of rotatable bonds is 11. The van der Waals surface area contributed by atoms with Crippen molar-refractivity contribution in [1.29, 1.82) is 0 Å².